The van der Waals surface area contributed by atoms with Gasteiger partial charge in [-0.3, -0.25) is 0 Å². The summed E-state index contributed by atoms with van der Waals surface area (Å²) < 4.78 is 0. The molecule has 2 heteroatoms. The van der Waals surface area contributed by atoms with Crippen LogP contribution in [0.5, 0.6) is 0 Å². The molecule has 2 nitrogen and oxygen atoms in total. The highest BCUT2D eigenvalue weighted by atomic mass is 15.0. The minimum Gasteiger partial charge on any atom is -0.329 e. The summed E-state index contributed by atoms with van der Waals surface area (Å²) >= 11 is 0. The Labute approximate surface area is 82.3 Å². The van der Waals surface area contributed by atoms with Gasteiger partial charge in [-0.25, -0.2) is 0 Å². The molecule has 0 spiro atoms. The molecule has 13 heavy (non-hydrogen) atoms. The van der Waals surface area contributed by atoms with Crippen LogP contribution in [0.4, 0.5) is 0 Å². The van der Waals surface area contributed by atoms with Crippen LogP contribution in [-0.4, -0.2) is 18.6 Å². The molecule has 1 rings (SSSR count). The largest absolute Gasteiger partial charge is 0.329 e. The van der Waals surface area contributed by atoms with E-state index in [1.165, 1.54) is 44.9 Å². The van der Waals surface area contributed by atoms with Gasteiger partial charge in [0.25, 0.3) is 0 Å². The van der Waals surface area contributed by atoms with E-state index < -0.39 is 0 Å². The summed E-state index contributed by atoms with van der Waals surface area (Å²) in [7, 11) is 0. The Morgan fingerprint density at radius 3 is 2.54 bits per heavy atom. The van der Waals surface area contributed by atoms with Crippen LogP contribution in [-0.2, 0) is 0 Å². The van der Waals surface area contributed by atoms with Crippen LogP contribution in [0.15, 0.2) is 0 Å². The van der Waals surface area contributed by atoms with Crippen LogP contribution >= 0.6 is 0 Å². The molecule has 1 aliphatic carbocycles. The molecule has 0 aliphatic heterocycles. The third-order valence-electron chi connectivity index (χ3n) is 3.00. The Balaban J connectivity index is 2.18. The molecular weight excluding hydrogens is 160 g/mol. The molecule has 0 aromatic heterocycles. The Morgan fingerprint density at radius 1 is 1.31 bits per heavy atom. The third kappa shape index (κ3) is 4.10. The zero-order valence-electron chi connectivity index (χ0n) is 8.89. The van der Waals surface area contributed by atoms with Gasteiger partial charge < -0.3 is 11.1 Å². The highest BCUT2D eigenvalue weighted by Gasteiger charge is 2.16. The van der Waals surface area contributed by atoms with E-state index in [0.717, 1.165) is 12.6 Å². The second-order valence-corrected chi connectivity index (χ2v) is 4.22. The van der Waals surface area contributed by atoms with Gasteiger partial charge in [-0.05, 0) is 19.3 Å². The van der Waals surface area contributed by atoms with Crippen LogP contribution < -0.4 is 11.1 Å². The maximum Gasteiger partial charge on any atom is 0.0192 e. The van der Waals surface area contributed by atoms with Crippen LogP contribution in [0.1, 0.15) is 51.9 Å². The Hall–Kier alpha value is -0.0800. The van der Waals surface area contributed by atoms with Gasteiger partial charge in [0.1, 0.15) is 0 Å². The van der Waals surface area contributed by atoms with Crippen molar-refractivity contribution in [1.29, 1.82) is 0 Å². The maximum atomic E-state index is 5.71. The number of rotatable bonds is 5. The van der Waals surface area contributed by atoms with Crippen LogP contribution in [0.3, 0.4) is 0 Å². The zero-order valence-corrected chi connectivity index (χ0v) is 8.89. The summed E-state index contributed by atoms with van der Waals surface area (Å²) in [4.78, 5) is 0. The molecule has 1 atom stereocenters. The molecule has 1 aliphatic rings. The van der Waals surface area contributed by atoms with Gasteiger partial charge in [-0.2, -0.15) is 0 Å². The Kier molecular flexibility index (Phi) is 5.40. The number of nitrogens with two attached hydrogens (primary N) is 1. The van der Waals surface area contributed by atoms with Crippen LogP contribution in [0.25, 0.3) is 0 Å². The van der Waals surface area contributed by atoms with Gasteiger partial charge >= 0.3 is 0 Å². The lowest BCUT2D eigenvalue weighted by Gasteiger charge is -2.27. The van der Waals surface area contributed by atoms with E-state index >= 15 is 0 Å². The van der Waals surface area contributed by atoms with Gasteiger partial charge in [-0.15, -0.1) is 0 Å². The minimum absolute atomic E-state index is 0.563. The van der Waals surface area contributed by atoms with Gasteiger partial charge in [0, 0.05) is 18.6 Å². The number of hydrogen-bond donors (Lipinski definition) is 2. The summed E-state index contributed by atoms with van der Waals surface area (Å²) in [5.41, 5.74) is 5.71. The molecular formula is C11H24N2. The smallest absolute Gasteiger partial charge is 0.0192 e. The quantitative estimate of drug-likeness (QED) is 0.686. The first-order valence-electron chi connectivity index (χ1n) is 5.83. The fraction of sp³-hybridized carbons (Fsp3) is 1.00. The van der Waals surface area contributed by atoms with Gasteiger partial charge in [0.05, 0.1) is 0 Å². The number of nitrogens with one attached hydrogen (secondary N) is 1. The van der Waals surface area contributed by atoms with E-state index in [9.17, 15) is 0 Å². The summed E-state index contributed by atoms with van der Waals surface area (Å²) in [6, 6.07) is 1.32. The lowest BCUT2D eigenvalue weighted by atomic mass is 9.94. The second kappa shape index (κ2) is 6.39. The highest BCUT2D eigenvalue weighted by molar-refractivity contribution is 4.77. The van der Waals surface area contributed by atoms with E-state index in [0.29, 0.717) is 6.04 Å². The maximum absolute atomic E-state index is 5.71. The first-order chi connectivity index (χ1) is 6.36. The molecule has 1 unspecified atom stereocenters. The Bertz CT molecular complexity index is 117. The lowest BCUT2D eigenvalue weighted by molar-refractivity contribution is 0.328. The van der Waals surface area contributed by atoms with Crippen molar-refractivity contribution in [3.05, 3.63) is 0 Å². The van der Waals surface area contributed by atoms with Crippen molar-refractivity contribution in [2.45, 2.75) is 64.0 Å². The number of hydrogen-bond acceptors (Lipinski definition) is 2. The molecule has 3 N–H and O–H groups in total. The van der Waals surface area contributed by atoms with Crippen LogP contribution in [0.2, 0.25) is 0 Å². The minimum atomic E-state index is 0.563. The van der Waals surface area contributed by atoms with Crippen molar-refractivity contribution >= 4 is 0 Å². The summed E-state index contributed by atoms with van der Waals surface area (Å²) in [6.07, 6.45) is 9.43. The van der Waals surface area contributed by atoms with Gasteiger partial charge in [0.2, 0.25) is 0 Å². The fourth-order valence-electron chi connectivity index (χ4n) is 2.22. The highest BCUT2D eigenvalue weighted by Crippen LogP contribution is 2.18. The molecule has 78 valence electrons. The van der Waals surface area contributed by atoms with Crippen molar-refractivity contribution in [2.24, 2.45) is 5.73 Å². The molecule has 0 heterocycles. The summed E-state index contributed by atoms with van der Waals surface area (Å²) in [5.74, 6) is 0. The summed E-state index contributed by atoms with van der Waals surface area (Å²) in [6.45, 7) is 3.02. The molecule has 0 aromatic carbocycles. The molecule has 0 aromatic rings. The molecule has 0 saturated heterocycles. The van der Waals surface area contributed by atoms with E-state index in [1.54, 1.807) is 0 Å². The normalized spacial score (nSPS) is 21.7. The standard InChI is InChI=1S/C11H24N2/c1-2-6-11(9-12)13-10-7-4-3-5-8-10/h10-11,13H,2-9,12H2,1H3. The predicted octanol–water partition coefficient (Wildman–Crippen LogP) is 2.04. The van der Waals surface area contributed by atoms with E-state index in [-0.39, 0.29) is 0 Å². The molecule has 0 amide bonds. The molecule has 0 bridgehead atoms. The van der Waals surface area contributed by atoms with E-state index in [1.807, 2.05) is 0 Å². The van der Waals surface area contributed by atoms with Crippen LogP contribution in [0, 0.1) is 0 Å². The van der Waals surface area contributed by atoms with E-state index in [4.69, 9.17) is 5.73 Å². The molecule has 0 radical (unpaired) electrons. The van der Waals surface area contributed by atoms with E-state index in [2.05, 4.69) is 12.2 Å². The average molecular weight is 184 g/mol. The van der Waals surface area contributed by atoms with Crippen molar-refractivity contribution in [3.63, 3.8) is 0 Å². The van der Waals surface area contributed by atoms with Gasteiger partial charge in [-0.1, -0.05) is 32.6 Å². The first kappa shape index (κ1) is 11.0. The van der Waals surface area contributed by atoms with Crippen molar-refractivity contribution in [3.8, 4) is 0 Å². The SMILES string of the molecule is CCCC(CN)NC1CCCCC1. The van der Waals surface area contributed by atoms with Crippen molar-refractivity contribution in [2.75, 3.05) is 6.54 Å². The van der Waals surface area contributed by atoms with Crippen molar-refractivity contribution in [1.82, 2.24) is 5.32 Å². The monoisotopic (exact) mass is 184 g/mol. The first-order valence-corrected chi connectivity index (χ1v) is 5.83. The van der Waals surface area contributed by atoms with Gasteiger partial charge in [0.15, 0.2) is 0 Å². The molecule has 1 saturated carbocycles. The topological polar surface area (TPSA) is 38.0 Å². The summed E-state index contributed by atoms with van der Waals surface area (Å²) in [5, 5.41) is 3.68. The second-order valence-electron chi connectivity index (χ2n) is 4.22. The average Bonchev–Trinajstić information content (AvgIpc) is 2.19. The predicted molar refractivity (Wildman–Crippen MR) is 57.8 cm³/mol. The van der Waals surface area contributed by atoms with Crippen molar-refractivity contribution < 1.29 is 0 Å². The Morgan fingerprint density at radius 2 is 2.00 bits per heavy atom. The molecule has 1 fully saturated rings. The third-order valence-corrected chi connectivity index (χ3v) is 3.00. The lowest BCUT2D eigenvalue weighted by Crippen LogP contribution is -2.43. The fourth-order valence-corrected chi connectivity index (χ4v) is 2.22. The zero-order chi connectivity index (χ0) is 9.52.